The molecule has 0 aliphatic heterocycles. The molecule has 2 atom stereocenters. The van der Waals surface area contributed by atoms with Crippen LogP contribution in [-0.2, 0) is 42.1 Å². The Hall–Kier alpha value is -2.45. The Balaban J connectivity index is 0.000000868. The van der Waals surface area contributed by atoms with Crippen molar-refractivity contribution in [2.75, 3.05) is 6.54 Å². The molecule has 1 aliphatic rings. The Morgan fingerprint density at radius 2 is 1.69 bits per heavy atom. The van der Waals surface area contributed by atoms with Crippen LogP contribution in [0.25, 0.3) is 33.3 Å². The molecule has 2 aromatic heterocycles. The molecule has 0 unspecified atom stereocenters. The summed E-state index contributed by atoms with van der Waals surface area (Å²) in [5.74, 6) is -1.16. The van der Waals surface area contributed by atoms with Gasteiger partial charge in [-0.15, -0.1) is 12.6 Å². The third-order valence-corrected chi connectivity index (χ3v) is 6.55. The third kappa shape index (κ3) is 10.6. The van der Waals surface area contributed by atoms with Gasteiger partial charge in [0.05, 0.1) is 18.2 Å². The zero-order valence-electron chi connectivity index (χ0n) is 23.4. The second-order valence-electron chi connectivity index (χ2n) is 9.49. The van der Waals surface area contributed by atoms with Gasteiger partial charge in [0, 0.05) is 17.6 Å². The topological polar surface area (TPSA) is 159 Å². The quantitative estimate of drug-likeness (QED) is 0.190. The average molecular weight is 723 g/mol. The van der Waals surface area contributed by atoms with Gasteiger partial charge in [0.25, 0.3) is 6.73 Å². The predicted octanol–water partition coefficient (Wildman–Crippen LogP) is 5.90. The van der Waals surface area contributed by atoms with Crippen LogP contribution in [0.15, 0.2) is 36.7 Å². The molecule has 0 saturated heterocycles. The summed E-state index contributed by atoms with van der Waals surface area (Å²) in [6.07, 6.45) is 9.06. The number of hydrogen-bond donors (Lipinski definition) is 1. The van der Waals surface area contributed by atoms with Gasteiger partial charge >= 0.3 is 33.0 Å². The van der Waals surface area contributed by atoms with Crippen LogP contribution >= 0.6 is 0 Å². The minimum atomic E-state index is -1.02. The number of fused-ring (bicyclic) bond motifs is 3. The fraction of sp³-hybridized carbons (Fsp3) is 0.517. The molecule has 0 spiro atoms. The van der Waals surface area contributed by atoms with Crippen LogP contribution in [0, 0.1) is 19.8 Å². The number of rotatable bonds is 6. The Morgan fingerprint density at radius 3 is 2.28 bits per heavy atom. The normalized spacial score (nSPS) is 15.9. The van der Waals surface area contributed by atoms with E-state index in [4.69, 9.17) is 21.3 Å². The van der Waals surface area contributed by atoms with Gasteiger partial charge in [0.2, 0.25) is 5.52 Å². The van der Waals surface area contributed by atoms with E-state index in [0.717, 1.165) is 40.2 Å². The molecule has 2 heterocycles. The Morgan fingerprint density at radius 1 is 1.08 bits per heavy atom. The maximum absolute atomic E-state index is 11.7. The minimum Gasteiger partial charge on any atom is -0.677 e. The van der Waals surface area contributed by atoms with Gasteiger partial charge in [-0.2, -0.15) is 4.57 Å². The van der Waals surface area contributed by atoms with Crippen LogP contribution in [0.3, 0.4) is 0 Å². The third-order valence-electron chi connectivity index (χ3n) is 6.55. The SMILES string of the molecule is CCC.Cc1c(C)c2ccc[n+](COC(=O)CCC(=O)O)c2c2ncccc12.O.[NH-]C[C@H]1CCCC[C@@H]1[NH-].[Pt+2]. The number of aliphatic carboxylic acids is 1. The van der Waals surface area contributed by atoms with Gasteiger partial charge in [-0.05, 0) is 37.1 Å². The Kier molecular flexibility index (Phi) is 17.6. The summed E-state index contributed by atoms with van der Waals surface area (Å²) in [4.78, 5) is 26.8. The van der Waals surface area contributed by atoms with Crippen molar-refractivity contribution in [3.63, 3.8) is 0 Å². The van der Waals surface area contributed by atoms with Crippen molar-refractivity contribution >= 4 is 33.7 Å². The molecule has 3 aromatic rings. The van der Waals surface area contributed by atoms with E-state index < -0.39 is 11.9 Å². The standard InChI is InChI=1S/C19H18N2O4.C7H14N2.C3H8.H2O.Pt/c1-12-13(2)15-6-4-10-21(11-25-17(24)8-7-16(22)23)19(15)18-14(12)5-3-9-20-18;8-5-6-3-1-2-4-7(6)9;1-3-2;;/h3-6,9-10H,7-8,11H2,1-2H3;6-9H,1-5H2;3H2,1-2H3;1H2;/q;-2;;;+2/p+1/t;6-,7+;;;/m.1.../s1. The number of aryl methyl sites for hydroxylation is 2. The van der Waals surface area contributed by atoms with Crippen LogP contribution in [0.4, 0.5) is 0 Å². The first-order valence-corrected chi connectivity index (χ1v) is 13.1. The van der Waals surface area contributed by atoms with Crippen LogP contribution < -0.4 is 4.57 Å². The maximum Gasteiger partial charge on any atom is 2.00 e. The van der Waals surface area contributed by atoms with Gasteiger partial charge in [-0.25, -0.2) is 4.98 Å². The first-order valence-electron chi connectivity index (χ1n) is 13.1. The fourth-order valence-electron chi connectivity index (χ4n) is 4.40. The monoisotopic (exact) mass is 722 g/mol. The van der Waals surface area contributed by atoms with Gasteiger partial charge < -0.3 is 26.8 Å². The first-order chi connectivity index (χ1) is 17.7. The molecule has 218 valence electrons. The molecule has 5 N–H and O–H groups in total. The molecule has 1 aliphatic carbocycles. The summed E-state index contributed by atoms with van der Waals surface area (Å²) in [7, 11) is 0. The zero-order chi connectivity index (χ0) is 27.4. The molecule has 1 fully saturated rings. The Bertz CT molecular complexity index is 1190. The van der Waals surface area contributed by atoms with E-state index in [-0.39, 0.29) is 52.2 Å². The van der Waals surface area contributed by atoms with Gasteiger partial charge in [0.1, 0.15) is 5.52 Å². The number of aromatic nitrogens is 2. The number of nitrogens with zero attached hydrogens (tertiary/aromatic N) is 2. The van der Waals surface area contributed by atoms with Crippen LogP contribution in [-0.4, -0.2) is 40.1 Å². The summed E-state index contributed by atoms with van der Waals surface area (Å²) >= 11 is 0. The predicted molar refractivity (Wildman–Crippen MR) is 151 cm³/mol. The first kappa shape index (κ1) is 36.5. The molecule has 39 heavy (non-hydrogen) atoms. The number of hydrogen-bond acceptors (Lipinski definition) is 4. The van der Waals surface area contributed by atoms with Crippen LogP contribution in [0.5, 0.6) is 0 Å². The number of pyridine rings is 2. The average Bonchev–Trinajstić information content (AvgIpc) is 2.90. The molecular formula is C29H43N4O5Pt+. The van der Waals surface area contributed by atoms with Crippen LogP contribution in [0.1, 0.15) is 69.9 Å². The van der Waals surface area contributed by atoms with Crippen molar-refractivity contribution in [2.45, 2.75) is 85.4 Å². The van der Waals surface area contributed by atoms with E-state index in [1.54, 1.807) is 6.20 Å². The van der Waals surface area contributed by atoms with E-state index in [0.29, 0.717) is 12.5 Å². The summed E-state index contributed by atoms with van der Waals surface area (Å²) < 4.78 is 7.07. The van der Waals surface area contributed by atoms with Crippen molar-refractivity contribution in [3.8, 4) is 0 Å². The van der Waals surface area contributed by atoms with Crippen molar-refractivity contribution in [1.82, 2.24) is 4.98 Å². The zero-order valence-corrected chi connectivity index (χ0v) is 25.6. The van der Waals surface area contributed by atoms with Crippen LogP contribution in [0.2, 0.25) is 0 Å². The van der Waals surface area contributed by atoms with E-state index >= 15 is 0 Å². The summed E-state index contributed by atoms with van der Waals surface area (Å²) in [5, 5.41) is 10.8. The number of carbonyl (C=O) groups excluding carboxylic acids is 1. The second kappa shape index (κ2) is 18.8. The fourth-order valence-corrected chi connectivity index (χ4v) is 4.40. The van der Waals surface area contributed by atoms with Gasteiger partial charge in [-0.3, -0.25) is 9.59 Å². The summed E-state index contributed by atoms with van der Waals surface area (Å²) in [6, 6.07) is 7.93. The number of carboxylic acid groups (broad SMARTS) is 1. The Labute approximate surface area is 245 Å². The summed E-state index contributed by atoms with van der Waals surface area (Å²) in [5.41, 5.74) is 18.7. The van der Waals surface area contributed by atoms with E-state index in [9.17, 15) is 9.59 Å². The number of carbonyl (C=O) groups is 2. The molecule has 10 heteroatoms. The number of carboxylic acids is 1. The maximum atomic E-state index is 11.7. The van der Waals surface area contributed by atoms with E-state index in [2.05, 4.69) is 32.7 Å². The molecule has 0 radical (unpaired) electrons. The summed E-state index contributed by atoms with van der Waals surface area (Å²) in [6.45, 7) is 8.87. The number of benzene rings is 1. The number of ether oxygens (including phenoxy) is 1. The molecule has 9 nitrogen and oxygen atoms in total. The number of esters is 1. The molecular weight excluding hydrogens is 679 g/mol. The second-order valence-corrected chi connectivity index (χ2v) is 9.49. The van der Waals surface area contributed by atoms with Gasteiger partial charge in [-0.1, -0.05) is 57.9 Å². The minimum absolute atomic E-state index is 0. The van der Waals surface area contributed by atoms with E-state index in [1.807, 2.05) is 35.0 Å². The molecule has 0 bridgehead atoms. The van der Waals surface area contributed by atoms with Gasteiger partial charge in [0.15, 0.2) is 6.20 Å². The molecule has 1 aromatic carbocycles. The van der Waals surface area contributed by atoms with Crippen molar-refractivity contribution in [3.05, 3.63) is 59.3 Å². The van der Waals surface area contributed by atoms with E-state index in [1.165, 1.54) is 24.8 Å². The molecule has 4 rings (SSSR count). The van der Waals surface area contributed by atoms with Crippen molar-refractivity contribution in [2.24, 2.45) is 5.92 Å². The van der Waals surface area contributed by atoms with Crippen molar-refractivity contribution < 1.29 is 50.5 Å². The number of nitrogens with one attached hydrogen (secondary N) is 2. The van der Waals surface area contributed by atoms with Crippen molar-refractivity contribution in [1.29, 1.82) is 0 Å². The molecule has 1 saturated carbocycles. The smallest absolute Gasteiger partial charge is 0.677 e. The molecule has 0 amide bonds. The largest absolute Gasteiger partial charge is 2.00 e.